The second kappa shape index (κ2) is 4.07. The monoisotopic (exact) mass is 180 g/mol. The van der Waals surface area contributed by atoms with Gasteiger partial charge < -0.3 is 0 Å². The van der Waals surface area contributed by atoms with Crippen LogP contribution in [0.25, 0.3) is 6.08 Å². The van der Waals surface area contributed by atoms with Gasteiger partial charge in [-0.15, -0.1) is 0 Å². The topological polar surface area (TPSA) is 17.1 Å². The third kappa shape index (κ3) is 2.51. The van der Waals surface area contributed by atoms with Gasteiger partial charge in [0.05, 0.1) is 0 Å². The normalized spacial score (nSPS) is 10.5. The summed E-state index contributed by atoms with van der Waals surface area (Å²) in [6.45, 7) is 1.51. The molecule has 1 nitrogen and oxygen atoms in total. The summed E-state index contributed by atoms with van der Waals surface area (Å²) < 4.78 is 0. The Bertz CT molecular complexity index is 315. The second-order valence-corrected chi connectivity index (χ2v) is 2.87. The molecule has 0 aliphatic carbocycles. The molecule has 0 radical (unpaired) electrons. The summed E-state index contributed by atoms with van der Waals surface area (Å²) >= 11 is 5.85. The molecule has 0 amide bonds. The van der Waals surface area contributed by atoms with E-state index in [1.807, 2.05) is 18.2 Å². The average Bonchev–Trinajstić information content (AvgIpc) is 2.03. The molecule has 0 aromatic heterocycles. The standard InChI is InChI=1S/C10H9ClO/c1-8(12)6-7-9-4-2-3-5-10(9)11/h2-7H,1H3. The second-order valence-electron chi connectivity index (χ2n) is 2.47. The highest BCUT2D eigenvalue weighted by Gasteiger charge is 1.92. The van der Waals surface area contributed by atoms with E-state index >= 15 is 0 Å². The van der Waals surface area contributed by atoms with Crippen LogP contribution in [0.1, 0.15) is 12.5 Å². The van der Waals surface area contributed by atoms with E-state index in [0.717, 1.165) is 5.56 Å². The van der Waals surface area contributed by atoms with E-state index in [0.29, 0.717) is 5.02 Å². The van der Waals surface area contributed by atoms with Gasteiger partial charge in [0.1, 0.15) is 0 Å². The number of hydrogen-bond acceptors (Lipinski definition) is 1. The molecule has 2 heteroatoms. The first kappa shape index (κ1) is 9.01. The summed E-state index contributed by atoms with van der Waals surface area (Å²) in [6.07, 6.45) is 3.21. The largest absolute Gasteiger partial charge is 0.295 e. The fourth-order valence-electron chi connectivity index (χ4n) is 0.817. The maximum Gasteiger partial charge on any atom is 0.152 e. The quantitative estimate of drug-likeness (QED) is 0.640. The third-order valence-corrected chi connectivity index (χ3v) is 1.75. The van der Waals surface area contributed by atoms with Crippen molar-refractivity contribution in [3.63, 3.8) is 0 Å². The van der Waals surface area contributed by atoms with Crippen LogP contribution >= 0.6 is 11.6 Å². The molecule has 1 rings (SSSR count). The molecule has 0 aliphatic rings. The summed E-state index contributed by atoms with van der Waals surface area (Å²) in [6, 6.07) is 7.39. The molecular weight excluding hydrogens is 172 g/mol. The number of rotatable bonds is 2. The van der Waals surface area contributed by atoms with E-state index < -0.39 is 0 Å². The van der Waals surface area contributed by atoms with Crippen molar-refractivity contribution in [3.8, 4) is 0 Å². The minimum Gasteiger partial charge on any atom is -0.295 e. The third-order valence-electron chi connectivity index (χ3n) is 1.40. The van der Waals surface area contributed by atoms with E-state index in [-0.39, 0.29) is 5.78 Å². The highest BCUT2D eigenvalue weighted by Crippen LogP contribution is 2.15. The summed E-state index contributed by atoms with van der Waals surface area (Å²) in [7, 11) is 0. The molecule has 0 fully saturated rings. The van der Waals surface area contributed by atoms with Crippen molar-refractivity contribution in [2.75, 3.05) is 0 Å². The zero-order valence-corrected chi connectivity index (χ0v) is 7.51. The molecular formula is C10H9ClO. The zero-order chi connectivity index (χ0) is 8.97. The van der Waals surface area contributed by atoms with Crippen LogP contribution < -0.4 is 0 Å². The Labute approximate surface area is 76.7 Å². The van der Waals surface area contributed by atoms with Crippen LogP contribution in [0.15, 0.2) is 30.3 Å². The predicted octanol–water partition coefficient (Wildman–Crippen LogP) is 2.94. The lowest BCUT2D eigenvalue weighted by atomic mass is 10.2. The van der Waals surface area contributed by atoms with Gasteiger partial charge in [-0.1, -0.05) is 29.8 Å². The van der Waals surface area contributed by atoms with E-state index in [1.165, 1.54) is 13.0 Å². The molecule has 0 unspecified atom stereocenters. The Balaban J connectivity index is 2.89. The van der Waals surface area contributed by atoms with Gasteiger partial charge in [0.15, 0.2) is 5.78 Å². The van der Waals surface area contributed by atoms with Crippen LogP contribution in [0.5, 0.6) is 0 Å². The van der Waals surface area contributed by atoms with E-state index in [1.54, 1.807) is 12.1 Å². The molecule has 0 N–H and O–H groups in total. The molecule has 0 saturated heterocycles. The highest BCUT2D eigenvalue weighted by molar-refractivity contribution is 6.32. The van der Waals surface area contributed by atoms with Crippen LogP contribution in [0, 0.1) is 0 Å². The fraction of sp³-hybridized carbons (Fsp3) is 0.100. The molecule has 12 heavy (non-hydrogen) atoms. The average molecular weight is 181 g/mol. The van der Waals surface area contributed by atoms with Gasteiger partial charge in [-0.3, -0.25) is 4.79 Å². The SMILES string of the molecule is CC(=O)C=Cc1ccccc1Cl. The lowest BCUT2D eigenvalue weighted by molar-refractivity contribution is -0.112. The number of allylic oxidation sites excluding steroid dienone is 1. The maximum absolute atomic E-state index is 10.6. The lowest BCUT2D eigenvalue weighted by Gasteiger charge is -1.94. The molecule has 0 heterocycles. The lowest BCUT2D eigenvalue weighted by Crippen LogP contribution is -1.80. The number of ketones is 1. The first-order chi connectivity index (χ1) is 5.70. The summed E-state index contributed by atoms with van der Waals surface area (Å²) in [5, 5.41) is 0.662. The molecule has 1 aromatic rings. The molecule has 0 atom stereocenters. The zero-order valence-electron chi connectivity index (χ0n) is 6.75. The van der Waals surface area contributed by atoms with Gasteiger partial charge >= 0.3 is 0 Å². The van der Waals surface area contributed by atoms with E-state index in [2.05, 4.69) is 0 Å². The van der Waals surface area contributed by atoms with Crippen molar-refractivity contribution in [3.05, 3.63) is 40.9 Å². The van der Waals surface area contributed by atoms with Crippen molar-refractivity contribution in [1.29, 1.82) is 0 Å². The Hall–Kier alpha value is -1.08. The van der Waals surface area contributed by atoms with Gasteiger partial charge in [0.2, 0.25) is 0 Å². The summed E-state index contributed by atoms with van der Waals surface area (Å²) in [4.78, 5) is 10.6. The van der Waals surface area contributed by atoms with Crippen molar-refractivity contribution in [1.82, 2.24) is 0 Å². The maximum atomic E-state index is 10.6. The predicted molar refractivity (Wildman–Crippen MR) is 51.2 cm³/mol. The Morgan fingerprint density at radius 3 is 2.67 bits per heavy atom. The first-order valence-electron chi connectivity index (χ1n) is 3.63. The van der Waals surface area contributed by atoms with Crippen LogP contribution in [0.4, 0.5) is 0 Å². The smallest absolute Gasteiger partial charge is 0.152 e. The van der Waals surface area contributed by atoms with Crippen molar-refractivity contribution in [2.45, 2.75) is 6.92 Å². The highest BCUT2D eigenvalue weighted by atomic mass is 35.5. The van der Waals surface area contributed by atoms with Gasteiger partial charge in [0.25, 0.3) is 0 Å². The first-order valence-corrected chi connectivity index (χ1v) is 4.01. The van der Waals surface area contributed by atoms with Crippen molar-refractivity contribution >= 4 is 23.5 Å². The van der Waals surface area contributed by atoms with Crippen LogP contribution in [0.3, 0.4) is 0 Å². The van der Waals surface area contributed by atoms with E-state index in [4.69, 9.17) is 11.6 Å². The number of halogens is 1. The van der Waals surface area contributed by atoms with Crippen molar-refractivity contribution < 1.29 is 4.79 Å². The minimum absolute atomic E-state index is 0.0231. The molecule has 1 aromatic carbocycles. The molecule has 0 saturated carbocycles. The Kier molecular flexibility index (Phi) is 3.06. The molecule has 0 bridgehead atoms. The summed E-state index contributed by atoms with van der Waals surface area (Å²) in [5.74, 6) is 0.0231. The Morgan fingerprint density at radius 1 is 1.42 bits per heavy atom. The molecule has 62 valence electrons. The number of hydrogen-bond donors (Lipinski definition) is 0. The fourth-order valence-corrected chi connectivity index (χ4v) is 1.02. The summed E-state index contributed by atoms with van der Waals surface area (Å²) in [5.41, 5.74) is 0.870. The van der Waals surface area contributed by atoms with Gasteiger partial charge in [-0.25, -0.2) is 0 Å². The van der Waals surface area contributed by atoms with Crippen LogP contribution in [-0.4, -0.2) is 5.78 Å². The number of carbonyl (C=O) groups is 1. The molecule has 0 aliphatic heterocycles. The van der Waals surface area contributed by atoms with E-state index in [9.17, 15) is 4.79 Å². The molecule has 0 spiro atoms. The number of benzene rings is 1. The Morgan fingerprint density at radius 2 is 2.08 bits per heavy atom. The van der Waals surface area contributed by atoms with Crippen LogP contribution in [-0.2, 0) is 4.79 Å². The van der Waals surface area contributed by atoms with Gasteiger partial charge in [-0.2, -0.15) is 0 Å². The number of carbonyl (C=O) groups excluding carboxylic acids is 1. The van der Waals surface area contributed by atoms with Gasteiger partial charge in [-0.05, 0) is 30.7 Å². The van der Waals surface area contributed by atoms with Gasteiger partial charge in [0, 0.05) is 5.02 Å². The minimum atomic E-state index is 0.0231. The van der Waals surface area contributed by atoms with Crippen molar-refractivity contribution in [2.24, 2.45) is 0 Å². The van der Waals surface area contributed by atoms with Crippen LogP contribution in [0.2, 0.25) is 5.02 Å².